The number of aromatic amines is 1. The Morgan fingerprint density at radius 1 is 1.19 bits per heavy atom. The Labute approximate surface area is 152 Å². The third-order valence-electron chi connectivity index (χ3n) is 4.40. The monoisotopic (exact) mass is 354 g/mol. The number of benzene rings is 1. The smallest absolute Gasteiger partial charge is 0.244 e. The Kier molecular flexibility index (Phi) is 4.28. The van der Waals surface area contributed by atoms with Gasteiger partial charge >= 0.3 is 0 Å². The first kappa shape index (κ1) is 17.7. The summed E-state index contributed by atoms with van der Waals surface area (Å²) in [5, 5.41) is 17.1. The van der Waals surface area contributed by atoms with Crippen LogP contribution >= 0.6 is 0 Å². The van der Waals surface area contributed by atoms with Crippen molar-refractivity contribution < 1.29 is 14.2 Å². The van der Waals surface area contributed by atoms with E-state index < -0.39 is 5.92 Å². The van der Waals surface area contributed by atoms with Crippen molar-refractivity contribution in [2.45, 2.75) is 32.1 Å². The number of H-pyrrole nitrogens is 1. The molecule has 1 aliphatic rings. The van der Waals surface area contributed by atoms with Crippen molar-refractivity contribution in [2.75, 3.05) is 14.2 Å². The Morgan fingerprint density at radius 3 is 2.31 bits per heavy atom. The first-order chi connectivity index (χ1) is 12.3. The number of nitriles is 1. The second-order valence-electron chi connectivity index (χ2n) is 7.14. The first-order valence-corrected chi connectivity index (χ1v) is 8.19. The van der Waals surface area contributed by atoms with Crippen LogP contribution in [0.15, 0.2) is 29.7 Å². The zero-order valence-corrected chi connectivity index (χ0v) is 15.5. The highest BCUT2D eigenvalue weighted by Gasteiger charge is 2.38. The highest BCUT2D eigenvalue weighted by atomic mass is 16.5. The van der Waals surface area contributed by atoms with E-state index in [-0.39, 0.29) is 11.3 Å². The summed E-state index contributed by atoms with van der Waals surface area (Å²) in [5.41, 5.74) is 8.63. The first-order valence-electron chi connectivity index (χ1n) is 8.19. The number of nitrogens with zero attached hydrogens (tertiary/aromatic N) is 2. The molecule has 1 aromatic carbocycles. The Morgan fingerprint density at radius 2 is 1.81 bits per heavy atom. The number of nitrogens with one attached hydrogen (secondary N) is 1. The third-order valence-corrected chi connectivity index (χ3v) is 4.40. The number of rotatable bonds is 3. The summed E-state index contributed by atoms with van der Waals surface area (Å²) in [6.07, 6.45) is 0. The molecule has 0 amide bonds. The molecule has 3 rings (SSSR count). The van der Waals surface area contributed by atoms with E-state index in [1.807, 2.05) is 12.1 Å². The van der Waals surface area contributed by atoms with Crippen LogP contribution in [0.1, 0.15) is 43.5 Å². The molecule has 136 valence electrons. The van der Waals surface area contributed by atoms with Crippen LogP contribution in [0, 0.1) is 11.3 Å². The van der Waals surface area contributed by atoms with Crippen molar-refractivity contribution in [3.8, 4) is 23.4 Å². The van der Waals surface area contributed by atoms with Gasteiger partial charge in [0.15, 0.2) is 0 Å². The van der Waals surface area contributed by atoms with E-state index in [1.54, 1.807) is 20.3 Å². The average Bonchev–Trinajstić information content (AvgIpc) is 3.03. The molecule has 0 bridgehead atoms. The largest absolute Gasteiger partial charge is 0.497 e. The van der Waals surface area contributed by atoms with Gasteiger partial charge in [-0.05, 0) is 17.7 Å². The van der Waals surface area contributed by atoms with Gasteiger partial charge in [-0.2, -0.15) is 5.26 Å². The van der Waals surface area contributed by atoms with Gasteiger partial charge in [-0.25, -0.2) is 0 Å². The number of hydrogen-bond donors (Lipinski definition) is 2. The molecule has 0 radical (unpaired) electrons. The number of methoxy groups -OCH3 is 2. The Hall–Kier alpha value is -3.14. The van der Waals surface area contributed by atoms with Gasteiger partial charge in [-0.15, -0.1) is 5.10 Å². The fraction of sp³-hybridized carbons (Fsp3) is 0.368. The van der Waals surface area contributed by atoms with Crippen molar-refractivity contribution in [3.63, 3.8) is 0 Å². The molecule has 1 unspecified atom stereocenters. The zero-order chi connectivity index (χ0) is 19.1. The number of fused-ring (bicyclic) bond motifs is 1. The van der Waals surface area contributed by atoms with Crippen LogP contribution in [0.3, 0.4) is 0 Å². The summed E-state index contributed by atoms with van der Waals surface area (Å²) in [7, 11) is 3.17. The lowest BCUT2D eigenvalue weighted by atomic mass is 9.78. The van der Waals surface area contributed by atoms with Crippen molar-refractivity contribution in [1.29, 1.82) is 5.26 Å². The molecule has 2 heterocycles. The predicted octanol–water partition coefficient (Wildman–Crippen LogP) is 2.94. The molecule has 2 aromatic rings. The molecule has 0 saturated heterocycles. The number of ether oxygens (including phenoxy) is 3. The Bertz CT molecular complexity index is 894. The molecule has 1 aromatic heterocycles. The molecule has 0 spiro atoms. The van der Waals surface area contributed by atoms with E-state index in [1.165, 1.54) is 0 Å². The van der Waals surface area contributed by atoms with Gasteiger partial charge in [0, 0.05) is 17.2 Å². The van der Waals surface area contributed by atoms with E-state index in [4.69, 9.17) is 19.9 Å². The summed E-state index contributed by atoms with van der Waals surface area (Å²) in [6.45, 7) is 6.20. The van der Waals surface area contributed by atoms with Gasteiger partial charge in [0.1, 0.15) is 23.1 Å². The van der Waals surface area contributed by atoms with Crippen LogP contribution in [-0.2, 0) is 5.41 Å². The van der Waals surface area contributed by atoms with E-state index in [0.717, 1.165) is 16.8 Å². The summed E-state index contributed by atoms with van der Waals surface area (Å²) >= 11 is 0. The van der Waals surface area contributed by atoms with E-state index >= 15 is 0 Å². The van der Waals surface area contributed by atoms with Gasteiger partial charge in [-0.1, -0.05) is 20.8 Å². The second-order valence-corrected chi connectivity index (χ2v) is 7.14. The molecule has 0 saturated carbocycles. The third kappa shape index (κ3) is 2.84. The molecule has 1 atom stereocenters. The molecular weight excluding hydrogens is 332 g/mol. The average molecular weight is 354 g/mol. The molecule has 0 aliphatic carbocycles. The maximum Gasteiger partial charge on any atom is 0.244 e. The van der Waals surface area contributed by atoms with Gasteiger partial charge < -0.3 is 19.9 Å². The lowest BCUT2D eigenvalue weighted by Gasteiger charge is -2.27. The van der Waals surface area contributed by atoms with E-state index in [0.29, 0.717) is 23.0 Å². The number of aromatic nitrogens is 2. The van der Waals surface area contributed by atoms with Crippen molar-refractivity contribution in [2.24, 2.45) is 5.73 Å². The normalized spacial score (nSPS) is 16.5. The minimum absolute atomic E-state index is 0.0544. The fourth-order valence-corrected chi connectivity index (χ4v) is 3.15. The molecule has 1 aliphatic heterocycles. The minimum atomic E-state index is -0.430. The fourth-order valence-electron chi connectivity index (χ4n) is 3.15. The van der Waals surface area contributed by atoms with Crippen molar-refractivity contribution in [3.05, 3.63) is 46.5 Å². The van der Waals surface area contributed by atoms with Gasteiger partial charge in [-0.3, -0.25) is 5.10 Å². The summed E-state index contributed by atoms with van der Waals surface area (Å²) in [4.78, 5) is 0. The van der Waals surface area contributed by atoms with Gasteiger partial charge in [0.25, 0.3) is 0 Å². The molecule has 7 nitrogen and oxygen atoms in total. The summed E-state index contributed by atoms with van der Waals surface area (Å²) in [5.74, 6) is 1.27. The van der Waals surface area contributed by atoms with Crippen LogP contribution in [0.2, 0.25) is 0 Å². The topological polar surface area (TPSA) is 106 Å². The number of nitrogens with two attached hydrogens (primary N) is 1. The number of hydrogen-bond acceptors (Lipinski definition) is 6. The molecular formula is C19H22N4O3. The van der Waals surface area contributed by atoms with E-state index in [9.17, 15) is 5.26 Å². The summed E-state index contributed by atoms with van der Waals surface area (Å²) < 4.78 is 16.4. The zero-order valence-electron chi connectivity index (χ0n) is 15.5. The van der Waals surface area contributed by atoms with Crippen LogP contribution < -0.4 is 19.9 Å². The van der Waals surface area contributed by atoms with E-state index in [2.05, 4.69) is 37.0 Å². The quantitative estimate of drug-likeness (QED) is 0.878. The Balaban J connectivity index is 2.29. The van der Waals surface area contributed by atoms with Crippen LogP contribution in [0.5, 0.6) is 17.4 Å². The second kappa shape index (κ2) is 6.30. The van der Waals surface area contributed by atoms with Crippen LogP contribution in [0.25, 0.3) is 0 Å². The maximum atomic E-state index is 9.74. The highest BCUT2D eigenvalue weighted by Crippen LogP contribution is 2.46. The lowest BCUT2D eigenvalue weighted by Crippen LogP contribution is -2.24. The molecule has 7 heteroatoms. The van der Waals surface area contributed by atoms with Gasteiger partial charge in [0.2, 0.25) is 11.8 Å². The number of allylic oxidation sites excluding steroid dienone is 1. The van der Waals surface area contributed by atoms with Crippen LogP contribution in [0.4, 0.5) is 0 Å². The summed E-state index contributed by atoms with van der Waals surface area (Å²) in [6, 6.07) is 7.71. The van der Waals surface area contributed by atoms with Crippen LogP contribution in [-0.4, -0.2) is 24.4 Å². The SMILES string of the molecule is COc1cc(OC)cc(C2C(C#N)=C(N)Oc3n[nH]c(C(C)(C)C)c32)c1. The standard InChI is InChI=1S/C19H22N4O3/c1-19(2,3)16-15-14(10-6-11(24-4)8-12(7-10)25-5)13(9-20)17(21)26-18(15)23-22-16/h6-8,14H,21H2,1-5H3,(H,22,23). The highest BCUT2D eigenvalue weighted by molar-refractivity contribution is 5.58. The lowest BCUT2D eigenvalue weighted by molar-refractivity contribution is 0.376. The molecule has 26 heavy (non-hydrogen) atoms. The molecule has 0 fully saturated rings. The minimum Gasteiger partial charge on any atom is -0.497 e. The maximum absolute atomic E-state index is 9.74. The van der Waals surface area contributed by atoms with Crippen molar-refractivity contribution in [1.82, 2.24) is 10.2 Å². The molecule has 3 N–H and O–H groups in total. The predicted molar refractivity (Wildman–Crippen MR) is 96.1 cm³/mol. The van der Waals surface area contributed by atoms with Crippen molar-refractivity contribution >= 4 is 0 Å². The van der Waals surface area contributed by atoms with Gasteiger partial charge in [0.05, 0.1) is 25.7 Å².